The summed E-state index contributed by atoms with van der Waals surface area (Å²) >= 11 is 0. The first-order chi connectivity index (χ1) is 11.3. The first kappa shape index (κ1) is 11.3. The average Bonchev–Trinajstić information content (AvgIpc) is 2.90. The van der Waals surface area contributed by atoms with Crippen LogP contribution in [0.15, 0.2) is 29.6 Å². The van der Waals surface area contributed by atoms with E-state index in [2.05, 4.69) is 0 Å². The van der Waals surface area contributed by atoms with Crippen LogP contribution in [0.2, 0.25) is 0 Å². The number of nitrogens with zero attached hydrogens (tertiary/aromatic N) is 3. The topological polar surface area (TPSA) is 43.9 Å². The summed E-state index contributed by atoms with van der Waals surface area (Å²) in [7, 11) is 1.48. The summed E-state index contributed by atoms with van der Waals surface area (Å²) in [6, 6.07) is 5.48. The minimum Gasteiger partial charge on any atom is -0.359 e. The molecule has 0 aromatic heterocycles. The van der Waals surface area contributed by atoms with E-state index in [1.807, 2.05) is 30.9 Å². The van der Waals surface area contributed by atoms with Crippen LogP contribution in [0.25, 0.3) is 0 Å². The fraction of sp³-hybridized carbons (Fsp3) is 0.412. The Kier molecular flexibility index (Phi) is 2.23. The predicted molar refractivity (Wildman–Crippen MR) is 83.1 cm³/mol. The minimum absolute atomic E-state index is 0.0509. The lowest BCUT2D eigenvalue weighted by molar-refractivity contribution is -0.136. The molecule has 114 valence electrons. The molecule has 2 amide bonds. The van der Waals surface area contributed by atoms with Gasteiger partial charge in [-0.05, 0) is 31.3 Å². The number of hydrogen-bond acceptors (Lipinski definition) is 4. The largest absolute Gasteiger partial charge is 0.359 e. The molecule has 0 spiro atoms. The van der Waals surface area contributed by atoms with Gasteiger partial charge < -0.3 is 9.80 Å². The van der Waals surface area contributed by atoms with E-state index in [-0.39, 0.29) is 24.4 Å². The van der Waals surface area contributed by atoms with Gasteiger partial charge in [0.05, 0.1) is 6.04 Å². The van der Waals surface area contributed by atoms with Crippen LogP contribution in [-0.4, -0.2) is 41.8 Å². The molecule has 0 fully saturated rings. The van der Waals surface area contributed by atoms with Crippen molar-refractivity contribution in [3.8, 4) is 0 Å². The molecule has 3 aliphatic rings. The van der Waals surface area contributed by atoms with Gasteiger partial charge in [-0.15, -0.1) is 0 Å². The number of likely N-dealkylation sites (N-methyl/N-ethyl adjacent to an activating group) is 2. The normalized spacial score (nSPS) is 26.9. The minimum atomic E-state index is -1.55. The molecule has 3 heterocycles. The number of fused-ring (bicyclic) bond motifs is 1. The van der Waals surface area contributed by atoms with E-state index < -0.39 is 6.37 Å². The Hall–Kier alpha value is -2.30. The zero-order valence-corrected chi connectivity index (χ0v) is 12.9. The van der Waals surface area contributed by atoms with Gasteiger partial charge in [0.2, 0.25) is 0 Å². The first-order valence-corrected chi connectivity index (χ1v) is 7.53. The van der Waals surface area contributed by atoms with Crippen LogP contribution in [0.1, 0.15) is 33.8 Å². The van der Waals surface area contributed by atoms with E-state index in [4.69, 9.17) is 2.74 Å². The number of para-hydroxylation sites is 1. The van der Waals surface area contributed by atoms with Crippen LogP contribution < -0.4 is 4.90 Å². The molecule has 22 heavy (non-hydrogen) atoms. The number of hydrogen-bond donors (Lipinski definition) is 0. The maximum Gasteiger partial charge on any atom is 0.279 e. The van der Waals surface area contributed by atoms with Crippen molar-refractivity contribution in [2.24, 2.45) is 0 Å². The Bertz CT molecular complexity index is 818. The van der Waals surface area contributed by atoms with Crippen LogP contribution in [0.4, 0.5) is 5.69 Å². The zero-order valence-electron chi connectivity index (χ0n) is 14.9. The van der Waals surface area contributed by atoms with Crippen molar-refractivity contribution in [3.63, 3.8) is 0 Å². The van der Waals surface area contributed by atoms with Crippen molar-refractivity contribution in [1.82, 2.24) is 9.80 Å². The molecule has 1 aromatic carbocycles. The highest BCUT2D eigenvalue weighted by Crippen LogP contribution is 2.45. The summed E-state index contributed by atoms with van der Waals surface area (Å²) < 4.78 is 16.7. The van der Waals surface area contributed by atoms with Gasteiger partial charge in [0.15, 0.2) is 0 Å². The molecule has 4 rings (SSSR count). The van der Waals surface area contributed by atoms with Crippen LogP contribution in [0.3, 0.4) is 0 Å². The zero-order chi connectivity index (χ0) is 17.4. The lowest BCUT2D eigenvalue weighted by atomic mass is 10.0. The van der Waals surface area contributed by atoms with Crippen LogP contribution in [-0.2, 0) is 16.0 Å². The number of carbonyl (C=O) groups excluding carboxylic acids is 2. The number of imide groups is 1. The highest BCUT2D eigenvalue weighted by molar-refractivity contribution is 6.20. The SMILES string of the molecule is [2H]C1([2H])CN2C3=C(C(=O)N(C)C3=O)N(CC)C(C)c3cccc1c32. The second kappa shape index (κ2) is 4.35. The predicted octanol–water partition coefficient (Wildman–Crippen LogP) is 1.66. The fourth-order valence-corrected chi connectivity index (χ4v) is 3.68. The van der Waals surface area contributed by atoms with Gasteiger partial charge in [0.1, 0.15) is 11.4 Å². The van der Waals surface area contributed by atoms with Gasteiger partial charge in [-0.3, -0.25) is 14.5 Å². The molecular formula is C17H19N3O2. The molecule has 1 atom stereocenters. The molecule has 1 unspecified atom stereocenters. The van der Waals surface area contributed by atoms with E-state index in [0.717, 1.165) is 16.2 Å². The second-order valence-corrected chi connectivity index (χ2v) is 5.83. The Balaban J connectivity index is 2.05. The molecule has 0 saturated carbocycles. The third kappa shape index (κ3) is 1.43. The number of benzene rings is 1. The molecular weight excluding hydrogens is 278 g/mol. The van der Waals surface area contributed by atoms with E-state index in [1.54, 1.807) is 11.0 Å². The molecule has 0 radical (unpaired) electrons. The summed E-state index contributed by atoms with van der Waals surface area (Å²) in [6.07, 6.45) is -1.55. The maximum absolute atomic E-state index is 12.7. The summed E-state index contributed by atoms with van der Waals surface area (Å²) in [5.74, 6) is -0.675. The van der Waals surface area contributed by atoms with Crippen molar-refractivity contribution >= 4 is 17.5 Å². The molecule has 0 saturated heterocycles. The van der Waals surface area contributed by atoms with E-state index in [1.165, 1.54) is 7.05 Å². The number of anilines is 1. The van der Waals surface area contributed by atoms with Gasteiger partial charge in [-0.25, -0.2) is 0 Å². The summed E-state index contributed by atoms with van der Waals surface area (Å²) in [6.45, 7) is 4.60. The second-order valence-electron chi connectivity index (χ2n) is 5.83. The Morgan fingerprint density at radius 3 is 2.73 bits per heavy atom. The number of rotatable bonds is 1. The molecule has 5 nitrogen and oxygen atoms in total. The molecule has 0 aliphatic carbocycles. The molecule has 3 aliphatic heterocycles. The van der Waals surface area contributed by atoms with Gasteiger partial charge in [0, 0.05) is 28.6 Å². The van der Waals surface area contributed by atoms with Crippen molar-refractivity contribution in [2.75, 3.05) is 25.0 Å². The first-order valence-electron chi connectivity index (χ1n) is 8.53. The van der Waals surface area contributed by atoms with Gasteiger partial charge in [-0.1, -0.05) is 18.2 Å². The van der Waals surface area contributed by atoms with Crippen LogP contribution in [0, 0.1) is 0 Å². The number of carbonyl (C=O) groups is 2. The van der Waals surface area contributed by atoms with Gasteiger partial charge in [-0.2, -0.15) is 0 Å². The lowest BCUT2D eigenvalue weighted by Crippen LogP contribution is -2.34. The highest BCUT2D eigenvalue weighted by atomic mass is 16.2. The lowest BCUT2D eigenvalue weighted by Gasteiger charge is -2.30. The van der Waals surface area contributed by atoms with E-state index in [0.29, 0.717) is 23.5 Å². The smallest absolute Gasteiger partial charge is 0.279 e. The molecule has 0 N–H and O–H groups in total. The maximum atomic E-state index is 12.7. The van der Waals surface area contributed by atoms with Crippen molar-refractivity contribution in [2.45, 2.75) is 26.3 Å². The van der Waals surface area contributed by atoms with Crippen molar-refractivity contribution in [1.29, 1.82) is 0 Å². The molecule has 5 heteroatoms. The monoisotopic (exact) mass is 299 g/mol. The van der Waals surface area contributed by atoms with Gasteiger partial charge >= 0.3 is 0 Å². The Labute approximate surface area is 132 Å². The van der Waals surface area contributed by atoms with Crippen molar-refractivity contribution < 1.29 is 12.3 Å². The Morgan fingerprint density at radius 2 is 2.00 bits per heavy atom. The van der Waals surface area contributed by atoms with Gasteiger partial charge in [0.25, 0.3) is 11.8 Å². The van der Waals surface area contributed by atoms with Crippen molar-refractivity contribution in [3.05, 3.63) is 40.7 Å². The van der Waals surface area contributed by atoms with Crippen LogP contribution >= 0.6 is 0 Å². The third-order valence-corrected chi connectivity index (χ3v) is 4.82. The fourth-order valence-electron chi connectivity index (χ4n) is 3.68. The van der Waals surface area contributed by atoms with E-state index >= 15 is 0 Å². The van der Waals surface area contributed by atoms with E-state index in [9.17, 15) is 9.59 Å². The average molecular weight is 299 g/mol. The molecule has 0 bridgehead atoms. The molecule has 1 aromatic rings. The highest BCUT2D eigenvalue weighted by Gasteiger charge is 2.47. The Morgan fingerprint density at radius 1 is 1.27 bits per heavy atom. The van der Waals surface area contributed by atoms with Crippen LogP contribution in [0.5, 0.6) is 0 Å². The standard InChI is InChI=1S/C17H19N3O2/c1-4-19-10(2)12-7-5-6-11-8-9-20(13(11)12)15-14(19)16(21)18(3)17(15)22/h5-7,10H,4,8-9H2,1-3H3/i8D2. The quantitative estimate of drug-likeness (QED) is 0.740. The number of amides is 2. The summed E-state index contributed by atoms with van der Waals surface area (Å²) in [5, 5.41) is 0. The summed E-state index contributed by atoms with van der Waals surface area (Å²) in [5.41, 5.74) is 2.98. The summed E-state index contributed by atoms with van der Waals surface area (Å²) in [4.78, 5) is 30.2. The third-order valence-electron chi connectivity index (χ3n) is 4.82.